The van der Waals surface area contributed by atoms with Crippen molar-refractivity contribution < 1.29 is 9.53 Å². The molecule has 1 spiro atoms. The number of rotatable bonds is 3. The van der Waals surface area contributed by atoms with Gasteiger partial charge in [-0.05, 0) is 43.7 Å². The zero-order chi connectivity index (χ0) is 12.4. The molecule has 2 aliphatic rings. The maximum Gasteiger partial charge on any atom is 0.140 e. The lowest BCUT2D eigenvalue weighted by Crippen LogP contribution is -2.47. The molecule has 18 heavy (non-hydrogen) atoms. The van der Waals surface area contributed by atoms with Gasteiger partial charge in [-0.25, -0.2) is 0 Å². The van der Waals surface area contributed by atoms with Crippen LogP contribution in [0.25, 0.3) is 0 Å². The van der Waals surface area contributed by atoms with Crippen molar-refractivity contribution >= 4 is 5.78 Å². The van der Waals surface area contributed by atoms with E-state index in [1.54, 1.807) is 12.4 Å². The minimum absolute atomic E-state index is 0.0630. The Labute approximate surface area is 108 Å². The first-order chi connectivity index (χ1) is 8.77. The minimum Gasteiger partial charge on any atom is -0.375 e. The van der Waals surface area contributed by atoms with Gasteiger partial charge in [0.1, 0.15) is 5.78 Å². The quantitative estimate of drug-likeness (QED) is 0.821. The normalized spacial score (nSPS) is 25.7. The molecule has 1 aromatic heterocycles. The molecule has 0 N–H and O–H groups in total. The molecule has 1 aliphatic heterocycles. The molecule has 2 fully saturated rings. The molecule has 2 heterocycles. The van der Waals surface area contributed by atoms with E-state index in [0.29, 0.717) is 12.2 Å². The number of hydrogen-bond donors (Lipinski definition) is 0. The van der Waals surface area contributed by atoms with Crippen LogP contribution in [0.1, 0.15) is 37.7 Å². The van der Waals surface area contributed by atoms with E-state index in [2.05, 4.69) is 4.98 Å². The Balaban J connectivity index is 1.62. The molecule has 1 aromatic rings. The molecule has 3 nitrogen and oxygen atoms in total. The van der Waals surface area contributed by atoms with E-state index >= 15 is 0 Å². The molecule has 1 saturated heterocycles. The van der Waals surface area contributed by atoms with E-state index in [-0.39, 0.29) is 11.5 Å². The van der Waals surface area contributed by atoms with Gasteiger partial charge in [-0.3, -0.25) is 9.78 Å². The highest BCUT2D eigenvalue weighted by Crippen LogP contribution is 2.44. The highest BCUT2D eigenvalue weighted by atomic mass is 16.5. The standard InChI is InChI=1S/C15H19NO2/c17-14(9-12-3-1-7-16-11-12)13-4-8-18-15(10-13)5-2-6-15/h1,3,7,11,13H,2,4-6,8-10H2. The van der Waals surface area contributed by atoms with Crippen molar-refractivity contribution in [2.75, 3.05) is 6.61 Å². The van der Waals surface area contributed by atoms with Crippen LogP contribution in [0.3, 0.4) is 0 Å². The second-order valence-electron chi connectivity index (χ2n) is 5.58. The molecule has 3 heteroatoms. The third-order valence-electron chi connectivity index (χ3n) is 4.31. The summed E-state index contributed by atoms with van der Waals surface area (Å²) < 4.78 is 5.87. The predicted octanol–water partition coefficient (Wildman–Crippen LogP) is 2.54. The van der Waals surface area contributed by atoms with E-state index in [1.807, 2.05) is 12.1 Å². The molecule has 1 atom stereocenters. The second kappa shape index (κ2) is 4.81. The maximum atomic E-state index is 12.3. The zero-order valence-electron chi connectivity index (χ0n) is 10.6. The van der Waals surface area contributed by atoms with Gasteiger partial charge >= 0.3 is 0 Å². The fourth-order valence-electron chi connectivity index (χ4n) is 3.07. The van der Waals surface area contributed by atoms with Crippen molar-refractivity contribution in [2.45, 2.75) is 44.1 Å². The molecular weight excluding hydrogens is 226 g/mol. The monoisotopic (exact) mass is 245 g/mol. The van der Waals surface area contributed by atoms with Crippen LogP contribution < -0.4 is 0 Å². The summed E-state index contributed by atoms with van der Waals surface area (Å²) in [5.41, 5.74) is 1.09. The second-order valence-corrected chi connectivity index (χ2v) is 5.58. The number of Topliss-reactive ketones (excluding diaryl/α,β-unsaturated/α-hetero) is 1. The first-order valence-corrected chi connectivity index (χ1v) is 6.83. The molecule has 0 aromatic carbocycles. The Bertz CT molecular complexity index is 425. The number of nitrogens with zero attached hydrogens (tertiary/aromatic N) is 1. The summed E-state index contributed by atoms with van der Waals surface area (Å²) in [5.74, 6) is 0.553. The molecule has 1 saturated carbocycles. The van der Waals surface area contributed by atoms with Crippen molar-refractivity contribution in [3.05, 3.63) is 30.1 Å². The Morgan fingerprint density at radius 2 is 2.39 bits per heavy atom. The van der Waals surface area contributed by atoms with Gasteiger partial charge in [0.2, 0.25) is 0 Å². The van der Waals surface area contributed by atoms with Crippen molar-refractivity contribution in [3.8, 4) is 0 Å². The lowest BCUT2D eigenvalue weighted by molar-refractivity contribution is -0.155. The summed E-state index contributed by atoms with van der Waals surface area (Å²) in [6, 6.07) is 3.86. The third-order valence-corrected chi connectivity index (χ3v) is 4.31. The average Bonchev–Trinajstić information content (AvgIpc) is 2.38. The van der Waals surface area contributed by atoms with Crippen molar-refractivity contribution in [2.24, 2.45) is 5.92 Å². The molecule has 96 valence electrons. The van der Waals surface area contributed by atoms with Gasteiger partial charge in [0.15, 0.2) is 0 Å². The number of hydrogen-bond acceptors (Lipinski definition) is 3. The predicted molar refractivity (Wildman–Crippen MR) is 68.2 cm³/mol. The molecule has 3 rings (SSSR count). The Hall–Kier alpha value is -1.22. The molecule has 0 bridgehead atoms. The van der Waals surface area contributed by atoms with E-state index in [0.717, 1.165) is 37.9 Å². The van der Waals surface area contributed by atoms with Crippen molar-refractivity contribution in [3.63, 3.8) is 0 Å². The minimum atomic E-state index is 0.0630. The van der Waals surface area contributed by atoms with Crippen LogP contribution in [0.2, 0.25) is 0 Å². The Kier molecular flexibility index (Phi) is 3.16. The number of carbonyl (C=O) groups is 1. The van der Waals surface area contributed by atoms with Crippen LogP contribution in [0.5, 0.6) is 0 Å². The number of pyridine rings is 1. The van der Waals surface area contributed by atoms with Gasteiger partial charge in [-0.15, -0.1) is 0 Å². The molecule has 0 amide bonds. The number of ketones is 1. The van der Waals surface area contributed by atoms with Crippen LogP contribution in [-0.4, -0.2) is 23.0 Å². The third kappa shape index (κ3) is 2.32. The summed E-state index contributed by atoms with van der Waals surface area (Å²) >= 11 is 0. The van der Waals surface area contributed by atoms with E-state index < -0.39 is 0 Å². The summed E-state index contributed by atoms with van der Waals surface area (Å²) in [4.78, 5) is 16.4. The van der Waals surface area contributed by atoms with Gasteiger partial charge in [0, 0.05) is 31.3 Å². The van der Waals surface area contributed by atoms with E-state index in [1.165, 1.54) is 6.42 Å². The number of carbonyl (C=O) groups excluding carboxylic acids is 1. The van der Waals surface area contributed by atoms with Crippen molar-refractivity contribution in [1.29, 1.82) is 0 Å². The molecule has 1 aliphatic carbocycles. The van der Waals surface area contributed by atoms with Gasteiger partial charge in [0.05, 0.1) is 5.60 Å². The lowest BCUT2D eigenvalue weighted by Gasteiger charge is -2.46. The molecular formula is C15H19NO2. The summed E-state index contributed by atoms with van der Waals surface area (Å²) in [7, 11) is 0. The van der Waals surface area contributed by atoms with Crippen molar-refractivity contribution in [1.82, 2.24) is 4.98 Å². The maximum absolute atomic E-state index is 12.3. The fraction of sp³-hybridized carbons (Fsp3) is 0.600. The number of ether oxygens (including phenoxy) is 1. The topological polar surface area (TPSA) is 39.2 Å². The number of aromatic nitrogens is 1. The summed E-state index contributed by atoms with van der Waals surface area (Å²) in [5, 5.41) is 0. The summed E-state index contributed by atoms with van der Waals surface area (Å²) in [6.45, 7) is 0.753. The van der Waals surface area contributed by atoms with Gasteiger partial charge < -0.3 is 4.74 Å². The molecule has 1 unspecified atom stereocenters. The first kappa shape index (κ1) is 11.8. The van der Waals surface area contributed by atoms with Crippen LogP contribution in [0, 0.1) is 5.92 Å². The van der Waals surface area contributed by atoms with Gasteiger partial charge in [0.25, 0.3) is 0 Å². The van der Waals surface area contributed by atoms with Crippen LogP contribution in [0.4, 0.5) is 0 Å². The Morgan fingerprint density at radius 3 is 3.06 bits per heavy atom. The van der Waals surface area contributed by atoms with Crippen LogP contribution >= 0.6 is 0 Å². The first-order valence-electron chi connectivity index (χ1n) is 6.83. The SMILES string of the molecule is O=C(Cc1cccnc1)C1CCOC2(CCC2)C1. The van der Waals surface area contributed by atoms with Gasteiger partial charge in [-0.2, -0.15) is 0 Å². The Morgan fingerprint density at radius 1 is 1.50 bits per heavy atom. The van der Waals surface area contributed by atoms with E-state index in [9.17, 15) is 4.79 Å². The van der Waals surface area contributed by atoms with Crippen LogP contribution in [-0.2, 0) is 16.0 Å². The summed E-state index contributed by atoms with van der Waals surface area (Å²) in [6.07, 6.45) is 9.42. The van der Waals surface area contributed by atoms with Crippen LogP contribution in [0.15, 0.2) is 24.5 Å². The zero-order valence-corrected chi connectivity index (χ0v) is 10.6. The van der Waals surface area contributed by atoms with Gasteiger partial charge in [-0.1, -0.05) is 6.07 Å². The largest absolute Gasteiger partial charge is 0.375 e. The fourth-order valence-corrected chi connectivity index (χ4v) is 3.07. The smallest absolute Gasteiger partial charge is 0.140 e. The molecule has 0 radical (unpaired) electrons. The lowest BCUT2D eigenvalue weighted by atomic mass is 9.71. The average molecular weight is 245 g/mol. The highest BCUT2D eigenvalue weighted by Gasteiger charge is 2.44. The highest BCUT2D eigenvalue weighted by molar-refractivity contribution is 5.83. The van der Waals surface area contributed by atoms with E-state index in [4.69, 9.17) is 4.74 Å².